The van der Waals surface area contributed by atoms with Gasteiger partial charge in [0.2, 0.25) is 5.91 Å². The maximum absolute atomic E-state index is 12.8. The number of rotatable bonds is 6. The Bertz CT molecular complexity index is 806. The number of aromatic nitrogens is 1. The van der Waals surface area contributed by atoms with E-state index < -0.39 is 0 Å². The molecule has 0 unspecified atom stereocenters. The van der Waals surface area contributed by atoms with Gasteiger partial charge in [-0.3, -0.25) is 4.79 Å². The summed E-state index contributed by atoms with van der Waals surface area (Å²) in [5.41, 5.74) is 1.95. The monoisotopic (exact) mass is 389 g/mol. The van der Waals surface area contributed by atoms with Gasteiger partial charge in [0.15, 0.2) is 11.5 Å². The van der Waals surface area contributed by atoms with Crippen LogP contribution in [-0.4, -0.2) is 49.1 Å². The summed E-state index contributed by atoms with van der Waals surface area (Å²) < 4.78 is 10.7. The van der Waals surface area contributed by atoms with Crippen molar-refractivity contribution in [1.82, 2.24) is 9.88 Å². The molecule has 7 heteroatoms. The van der Waals surface area contributed by atoms with Crippen molar-refractivity contribution in [2.75, 3.05) is 32.6 Å². The molecular formula is C20H27N3O3S. The minimum absolute atomic E-state index is 0.181. The molecule has 1 aromatic heterocycles. The number of anilines is 1. The zero-order chi connectivity index (χ0) is 19.4. The molecule has 0 aliphatic carbocycles. The van der Waals surface area contributed by atoms with E-state index in [4.69, 9.17) is 9.47 Å². The van der Waals surface area contributed by atoms with Gasteiger partial charge < -0.3 is 19.7 Å². The highest BCUT2D eigenvalue weighted by Gasteiger charge is 2.24. The second kappa shape index (κ2) is 8.61. The second-order valence-corrected chi connectivity index (χ2v) is 8.10. The van der Waals surface area contributed by atoms with Crippen LogP contribution in [0.3, 0.4) is 0 Å². The van der Waals surface area contributed by atoms with Gasteiger partial charge in [0.25, 0.3) is 0 Å². The highest BCUT2D eigenvalue weighted by Crippen LogP contribution is 2.30. The van der Waals surface area contributed by atoms with Gasteiger partial charge in [-0.05, 0) is 38.8 Å². The van der Waals surface area contributed by atoms with E-state index in [9.17, 15) is 4.79 Å². The van der Waals surface area contributed by atoms with E-state index in [-0.39, 0.29) is 11.9 Å². The second-order valence-electron chi connectivity index (χ2n) is 6.81. The van der Waals surface area contributed by atoms with E-state index >= 15 is 0 Å². The highest BCUT2D eigenvalue weighted by atomic mass is 32.1. The molecule has 146 valence electrons. The van der Waals surface area contributed by atoms with E-state index in [0.717, 1.165) is 40.7 Å². The number of likely N-dealkylation sites (tertiary alicyclic amines) is 1. The van der Waals surface area contributed by atoms with Crippen LogP contribution in [-0.2, 0) is 11.2 Å². The first-order valence-electron chi connectivity index (χ1n) is 9.19. The Morgan fingerprint density at radius 3 is 2.74 bits per heavy atom. The van der Waals surface area contributed by atoms with Gasteiger partial charge in [-0.25, -0.2) is 4.98 Å². The molecule has 0 radical (unpaired) electrons. The average molecular weight is 390 g/mol. The normalized spacial score (nSPS) is 16.9. The Balaban J connectivity index is 1.62. The van der Waals surface area contributed by atoms with Gasteiger partial charge in [0.05, 0.1) is 31.3 Å². The molecule has 1 saturated heterocycles. The quantitative estimate of drug-likeness (QED) is 0.820. The number of benzene rings is 1. The van der Waals surface area contributed by atoms with Crippen LogP contribution in [0.1, 0.15) is 28.4 Å². The van der Waals surface area contributed by atoms with Crippen LogP contribution in [0.4, 0.5) is 5.69 Å². The van der Waals surface area contributed by atoms with Crippen LogP contribution in [0.25, 0.3) is 0 Å². The summed E-state index contributed by atoms with van der Waals surface area (Å²) >= 11 is 1.62. The Kier molecular flexibility index (Phi) is 6.21. The fraction of sp³-hybridized carbons (Fsp3) is 0.500. The molecule has 0 saturated carbocycles. The lowest BCUT2D eigenvalue weighted by atomic mass is 10.0. The third kappa shape index (κ3) is 4.71. The van der Waals surface area contributed by atoms with Gasteiger partial charge in [0.1, 0.15) is 0 Å². The summed E-state index contributed by atoms with van der Waals surface area (Å²) in [4.78, 5) is 20.2. The van der Waals surface area contributed by atoms with Crippen molar-refractivity contribution in [1.29, 1.82) is 0 Å². The molecule has 2 heterocycles. The number of methoxy groups -OCH3 is 2. The zero-order valence-corrected chi connectivity index (χ0v) is 17.2. The van der Waals surface area contributed by atoms with Crippen LogP contribution in [0, 0.1) is 13.8 Å². The molecule has 27 heavy (non-hydrogen) atoms. The number of piperidine rings is 1. The Labute approximate surface area is 164 Å². The standard InChI is InChI=1S/C20H27N3O3S/c1-13-19(27-14(2)21-13)11-20(24)23-9-5-6-16(12-23)22-15-7-8-17(25-3)18(10-15)26-4/h7-8,10,16,22H,5-6,9,11-12H2,1-4H3/t16-/m1/s1. The molecule has 1 N–H and O–H groups in total. The first-order valence-corrected chi connectivity index (χ1v) is 10.0. The van der Waals surface area contributed by atoms with Crippen molar-refractivity contribution >= 4 is 22.9 Å². The van der Waals surface area contributed by atoms with Crippen molar-refractivity contribution < 1.29 is 14.3 Å². The molecule has 1 atom stereocenters. The molecule has 0 bridgehead atoms. The summed E-state index contributed by atoms with van der Waals surface area (Å²) in [5.74, 6) is 1.58. The number of nitrogens with one attached hydrogen (secondary N) is 1. The van der Waals surface area contributed by atoms with E-state index in [0.29, 0.717) is 24.5 Å². The minimum Gasteiger partial charge on any atom is -0.493 e. The van der Waals surface area contributed by atoms with Crippen LogP contribution in [0.15, 0.2) is 18.2 Å². The van der Waals surface area contributed by atoms with Crippen LogP contribution >= 0.6 is 11.3 Å². The lowest BCUT2D eigenvalue weighted by Crippen LogP contribution is -2.45. The number of nitrogens with zero attached hydrogens (tertiary/aromatic N) is 2. The van der Waals surface area contributed by atoms with Crippen molar-refractivity contribution in [2.45, 2.75) is 39.2 Å². The zero-order valence-electron chi connectivity index (χ0n) is 16.4. The summed E-state index contributed by atoms with van der Waals surface area (Å²) in [6.07, 6.45) is 2.48. The largest absolute Gasteiger partial charge is 0.493 e. The number of hydrogen-bond acceptors (Lipinski definition) is 6. The highest BCUT2D eigenvalue weighted by molar-refractivity contribution is 7.11. The molecule has 1 fully saturated rings. The maximum atomic E-state index is 12.8. The predicted octanol–water partition coefficient (Wildman–Crippen LogP) is 3.42. The molecule has 6 nitrogen and oxygen atoms in total. The molecule has 1 aliphatic rings. The number of ether oxygens (including phenoxy) is 2. The fourth-order valence-corrected chi connectivity index (χ4v) is 4.40. The minimum atomic E-state index is 0.181. The number of carbonyl (C=O) groups excluding carboxylic acids is 1. The lowest BCUT2D eigenvalue weighted by molar-refractivity contribution is -0.131. The van der Waals surface area contributed by atoms with E-state index in [1.807, 2.05) is 36.9 Å². The Morgan fingerprint density at radius 1 is 1.30 bits per heavy atom. The molecule has 1 aliphatic heterocycles. The average Bonchev–Trinajstić information content (AvgIpc) is 2.98. The number of aryl methyl sites for hydroxylation is 2. The SMILES string of the molecule is COc1ccc(N[C@@H]2CCCN(C(=O)Cc3sc(C)nc3C)C2)cc1OC. The van der Waals surface area contributed by atoms with E-state index in [1.165, 1.54) is 0 Å². The third-order valence-electron chi connectivity index (χ3n) is 4.84. The number of thiazole rings is 1. The lowest BCUT2D eigenvalue weighted by Gasteiger charge is -2.34. The Hall–Kier alpha value is -2.28. The smallest absolute Gasteiger partial charge is 0.227 e. The molecule has 3 rings (SSSR count). The summed E-state index contributed by atoms with van der Waals surface area (Å²) in [6, 6.07) is 6.03. The first kappa shape index (κ1) is 19.5. The van der Waals surface area contributed by atoms with Gasteiger partial charge in [-0.1, -0.05) is 0 Å². The molecule has 0 spiro atoms. The summed E-state index contributed by atoms with van der Waals surface area (Å²) in [7, 11) is 3.26. The summed E-state index contributed by atoms with van der Waals surface area (Å²) in [5, 5.41) is 4.55. The first-order chi connectivity index (χ1) is 13.0. The molecule has 1 aromatic carbocycles. The number of hydrogen-bond donors (Lipinski definition) is 1. The summed E-state index contributed by atoms with van der Waals surface area (Å²) in [6.45, 7) is 5.49. The van der Waals surface area contributed by atoms with Gasteiger partial charge >= 0.3 is 0 Å². The molecule has 1 amide bonds. The number of carbonyl (C=O) groups is 1. The van der Waals surface area contributed by atoms with E-state index in [1.54, 1.807) is 25.6 Å². The van der Waals surface area contributed by atoms with Crippen LogP contribution in [0.5, 0.6) is 11.5 Å². The molecule has 2 aromatic rings. The van der Waals surface area contributed by atoms with Crippen molar-refractivity contribution in [3.8, 4) is 11.5 Å². The van der Waals surface area contributed by atoms with Crippen LogP contribution < -0.4 is 14.8 Å². The number of amides is 1. The van der Waals surface area contributed by atoms with Crippen molar-refractivity contribution in [3.63, 3.8) is 0 Å². The van der Waals surface area contributed by atoms with Crippen molar-refractivity contribution in [2.24, 2.45) is 0 Å². The molecular weight excluding hydrogens is 362 g/mol. The van der Waals surface area contributed by atoms with Gasteiger partial charge in [0, 0.05) is 35.8 Å². The maximum Gasteiger partial charge on any atom is 0.227 e. The van der Waals surface area contributed by atoms with Gasteiger partial charge in [-0.15, -0.1) is 11.3 Å². The van der Waals surface area contributed by atoms with E-state index in [2.05, 4.69) is 10.3 Å². The third-order valence-corrected chi connectivity index (χ3v) is 5.91. The predicted molar refractivity (Wildman–Crippen MR) is 108 cm³/mol. The topological polar surface area (TPSA) is 63.7 Å². The fourth-order valence-electron chi connectivity index (χ4n) is 3.47. The Morgan fingerprint density at radius 2 is 2.07 bits per heavy atom. The van der Waals surface area contributed by atoms with Crippen molar-refractivity contribution in [3.05, 3.63) is 33.8 Å². The van der Waals surface area contributed by atoms with Gasteiger partial charge in [-0.2, -0.15) is 0 Å². The van der Waals surface area contributed by atoms with Crippen LogP contribution in [0.2, 0.25) is 0 Å².